The van der Waals surface area contributed by atoms with Gasteiger partial charge in [0.2, 0.25) is 0 Å². The van der Waals surface area contributed by atoms with Crippen LogP contribution in [-0.2, 0) is 0 Å². The fourth-order valence-electron chi connectivity index (χ4n) is 1.94. The molecular formula is C18H14F4N2S2. The lowest BCUT2D eigenvalue weighted by atomic mass is 10.1. The molecule has 8 heteroatoms. The SMILES string of the molecule is C[C@@H](N=C=S)c1cc(F)cc(F)c1.C[C@H](N=C=S)c1cc(F)cc(F)c1. The Hall–Kier alpha value is -2.24. The molecule has 0 aromatic heterocycles. The minimum Gasteiger partial charge on any atom is -0.225 e. The molecule has 2 aromatic rings. The predicted octanol–water partition coefficient (Wildman–Crippen LogP) is 6.26. The van der Waals surface area contributed by atoms with Crippen LogP contribution in [-0.4, -0.2) is 10.3 Å². The number of benzene rings is 2. The second kappa shape index (κ2) is 10.7. The monoisotopic (exact) mass is 398 g/mol. The van der Waals surface area contributed by atoms with Crippen LogP contribution < -0.4 is 0 Å². The van der Waals surface area contributed by atoms with Gasteiger partial charge in [0.05, 0.1) is 22.4 Å². The minimum absolute atomic E-state index is 0.359. The van der Waals surface area contributed by atoms with Gasteiger partial charge >= 0.3 is 0 Å². The van der Waals surface area contributed by atoms with E-state index in [-0.39, 0.29) is 12.1 Å². The van der Waals surface area contributed by atoms with Crippen LogP contribution in [0.15, 0.2) is 46.4 Å². The summed E-state index contributed by atoms with van der Waals surface area (Å²) >= 11 is 8.78. The quantitative estimate of drug-likeness (QED) is 0.345. The smallest absolute Gasteiger partial charge is 0.126 e. The van der Waals surface area contributed by atoms with E-state index < -0.39 is 23.3 Å². The topological polar surface area (TPSA) is 24.7 Å². The van der Waals surface area contributed by atoms with Crippen molar-refractivity contribution < 1.29 is 17.6 Å². The van der Waals surface area contributed by atoms with E-state index >= 15 is 0 Å². The fourth-order valence-corrected chi connectivity index (χ4v) is 2.26. The Labute approximate surface area is 159 Å². The van der Waals surface area contributed by atoms with Gasteiger partial charge in [-0.05, 0) is 73.7 Å². The average Bonchev–Trinajstić information content (AvgIpc) is 2.54. The average molecular weight is 398 g/mol. The van der Waals surface area contributed by atoms with Gasteiger partial charge in [0.25, 0.3) is 0 Å². The molecule has 0 amide bonds. The van der Waals surface area contributed by atoms with Gasteiger partial charge in [0.15, 0.2) is 0 Å². The first kappa shape index (κ1) is 21.8. The van der Waals surface area contributed by atoms with Gasteiger partial charge in [-0.1, -0.05) is 0 Å². The molecule has 2 atom stereocenters. The first-order valence-electron chi connectivity index (χ1n) is 7.32. The number of isothiocyanates is 2. The maximum Gasteiger partial charge on any atom is 0.126 e. The summed E-state index contributed by atoms with van der Waals surface area (Å²) in [5, 5.41) is 4.34. The van der Waals surface area contributed by atoms with Gasteiger partial charge in [0.1, 0.15) is 23.3 Å². The zero-order valence-corrected chi connectivity index (χ0v) is 15.5. The molecule has 0 unspecified atom stereocenters. The molecular weight excluding hydrogens is 384 g/mol. The maximum absolute atomic E-state index is 12.7. The van der Waals surface area contributed by atoms with E-state index in [4.69, 9.17) is 0 Å². The first-order chi connectivity index (χ1) is 12.3. The van der Waals surface area contributed by atoms with Crippen LogP contribution in [0, 0.1) is 23.3 Å². The molecule has 2 aromatic carbocycles. The third-order valence-corrected chi connectivity index (χ3v) is 3.44. The zero-order chi connectivity index (χ0) is 19.7. The summed E-state index contributed by atoms with van der Waals surface area (Å²) in [5.74, 6) is -2.44. The molecule has 2 rings (SSSR count). The van der Waals surface area contributed by atoms with Crippen molar-refractivity contribution in [3.8, 4) is 0 Å². The van der Waals surface area contributed by atoms with E-state index in [1.165, 1.54) is 24.3 Å². The number of halogens is 4. The second-order valence-corrected chi connectivity index (χ2v) is 5.56. The van der Waals surface area contributed by atoms with Crippen molar-refractivity contribution >= 4 is 34.8 Å². The molecule has 0 aliphatic heterocycles. The zero-order valence-electron chi connectivity index (χ0n) is 13.8. The van der Waals surface area contributed by atoms with Crippen LogP contribution in [0.3, 0.4) is 0 Å². The highest BCUT2D eigenvalue weighted by Gasteiger charge is 2.07. The van der Waals surface area contributed by atoms with Gasteiger partial charge in [-0.25, -0.2) is 27.5 Å². The Morgan fingerprint density at radius 1 is 0.654 bits per heavy atom. The molecule has 0 spiro atoms. The van der Waals surface area contributed by atoms with E-state index in [0.29, 0.717) is 11.1 Å². The highest BCUT2D eigenvalue weighted by Crippen LogP contribution is 2.19. The van der Waals surface area contributed by atoms with Crippen LogP contribution >= 0.6 is 24.4 Å². The molecule has 2 nitrogen and oxygen atoms in total. The molecule has 0 saturated heterocycles. The summed E-state index contributed by atoms with van der Waals surface area (Å²) in [5.41, 5.74) is 0.907. The number of aliphatic imine (C=N–C) groups is 2. The molecule has 0 bridgehead atoms. The van der Waals surface area contributed by atoms with Crippen molar-refractivity contribution in [3.05, 3.63) is 70.8 Å². The molecule has 0 N–H and O–H groups in total. The minimum atomic E-state index is -0.610. The van der Waals surface area contributed by atoms with Crippen LogP contribution in [0.25, 0.3) is 0 Å². The van der Waals surface area contributed by atoms with Gasteiger partial charge in [-0.2, -0.15) is 0 Å². The van der Waals surface area contributed by atoms with Crippen LogP contribution in [0.4, 0.5) is 17.6 Å². The van der Waals surface area contributed by atoms with E-state index in [1.807, 2.05) is 0 Å². The fraction of sp³-hybridized carbons (Fsp3) is 0.222. The summed E-state index contributed by atoms with van der Waals surface area (Å²) in [6.45, 7) is 3.38. The lowest BCUT2D eigenvalue weighted by Crippen LogP contribution is -1.92. The maximum atomic E-state index is 12.7. The number of hydrogen-bond donors (Lipinski definition) is 0. The van der Waals surface area contributed by atoms with Gasteiger partial charge < -0.3 is 0 Å². The third kappa shape index (κ3) is 7.33. The van der Waals surface area contributed by atoms with Crippen LogP contribution in [0.2, 0.25) is 0 Å². The van der Waals surface area contributed by atoms with Crippen molar-refractivity contribution in [2.45, 2.75) is 25.9 Å². The molecule has 0 saturated carbocycles. The first-order valence-corrected chi connectivity index (χ1v) is 8.14. The number of rotatable bonds is 4. The highest BCUT2D eigenvalue weighted by molar-refractivity contribution is 7.78. The molecule has 0 radical (unpaired) electrons. The summed E-state index contributed by atoms with van der Waals surface area (Å²) in [4.78, 5) is 7.42. The highest BCUT2D eigenvalue weighted by atomic mass is 32.1. The van der Waals surface area contributed by atoms with Crippen molar-refractivity contribution in [2.24, 2.45) is 9.98 Å². The summed E-state index contributed by atoms with van der Waals surface area (Å²) in [6.07, 6.45) is 0. The second-order valence-electron chi connectivity index (χ2n) is 5.20. The summed E-state index contributed by atoms with van der Waals surface area (Å²) in [7, 11) is 0. The Morgan fingerprint density at radius 3 is 1.15 bits per heavy atom. The molecule has 0 aliphatic rings. The summed E-state index contributed by atoms with van der Waals surface area (Å²) in [6, 6.07) is 5.82. The van der Waals surface area contributed by atoms with E-state index in [0.717, 1.165) is 12.1 Å². The molecule has 136 valence electrons. The van der Waals surface area contributed by atoms with Crippen molar-refractivity contribution in [1.29, 1.82) is 0 Å². The normalized spacial score (nSPS) is 11.9. The Bertz CT molecular complexity index is 748. The van der Waals surface area contributed by atoms with Crippen LogP contribution in [0.5, 0.6) is 0 Å². The molecule has 0 heterocycles. The Balaban J connectivity index is 0.000000260. The van der Waals surface area contributed by atoms with Crippen molar-refractivity contribution in [2.75, 3.05) is 0 Å². The van der Waals surface area contributed by atoms with Gasteiger partial charge in [-0.15, -0.1) is 0 Å². The molecule has 0 aliphatic carbocycles. The van der Waals surface area contributed by atoms with Crippen molar-refractivity contribution in [1.82, 2.24) is 0 Å². The van der Waals surface area contributed by atoms with E-state index in [9.17, 15) is 17.6 Å². The van der Waals surface area contributed by atoms with Gasteiger partial charge in [-0.3, -0.25) is 0 Å². The molecule has 26 heavy (non-hydrogen) atoms. The van der Waals surface area contributed by atoms with E-state index in [1.54, 1.807) is 13.8 Å². The summed E-state index contributed by atoms with van der Waals surface area (Å²) < 4.78 is 50.8. The third-order valence-electron chi connectivity index (χ3n) is 3.23. The lowest BCUT2D eigenvalue weighted by molar-refractivity contribution is 0.575. The number of hydrogen-bond acceptors (Lipinski definition) is 4. The number of thiocarbonyl (C=S) groups is 2. The Kier molecular flexibility index (Phi) is 8.96. The molecule has 0 fully saturated rings. The lowest BCUT2D eigenvalue weighted by Gasteiger charge is -2.04. The van der Waals surface area contributed by atoms with Crippen molar-refractivity contribution in [3.63, 3.8) is 0 Å². The van der Waals surface area contributed by atoms with Crippen LogP contribution in [0.1, 0.15) is 37.1 Å². The largest absolute Gasteiger partial charge is 0.225 e. The van der Waals surface area contributed by atoms with E-state index in [2.05, 4.69) is 44.7 Å². The number of nitrogens with zero attached hydrogens (tertiary/aromatic N) is 2. The Morgan fingerprint density at radius 2 is 0.923 bits per heavy atom. The standard InChI is InChI=1S/2C9H7F2NS/c2*1-6(12-5-13)7-2-8(10)4-9(11)3-7/h2*2-4,6H,1H3/t2*6-/m10/s1. The van der Waals surface area contributed by atoms with Gasteiger partial charge in [0, 0.05) is 12.1 Å². The predicted molar refractivity (Wildman–Crippen MR) is 99.6 cm³/mol.